The molecule has 0 amide bonds. The molecule has 2 aromatic rings. The van der Waals surface area contributed by atoms with Crippen molar-refractivity contribution in [1.82, 2.24) is 0 Å². The van der Waals surface area contributed by atoms with E-state index in [1.807, 2.05) is 60.7 Å². The van der Waals surface area contributed by atoms with Crippen LogP contribution in [0.5, 0.6) is 5.75 Å². The van der Waals surface area contributed by atoms with Gasteiger partial charge in [0.1, 0.15) is 11.5 Å². The summed E-state index contributed by atoms with van der Waals surface area (Å²) in [7, 11) is 1.64. The summed E-state index contributed by atoms with van der Waals surface area (Å²) < 4.78 is 5.10. The second kappa shape index (κ2) is 6.40. The molecule has 0 bridgehead atoms. The highest BCUT2D eigenvalue weighted by Gasteiger charge is 1.98. The van der Waals surface area contributed by atoms with Crippen LogP contribution >= 0.6 is 0 Å². The van der Waals surface area contributed by atoms with Gasteiger partial charge in [-0.05, 0) is 23.8 Å². The molecule has 0 radical (unpaired) electrons. The molecule has 0 fully saturated rings. The average molecular weight is 253 g/mol. The minimum absolute atomic E-state index is 0.524. The second-order valence-electron chi connectivity index (χ2n) is 3.96. The highest BCUT2D eigenvalue weighted by Crippen LogP contribution is 2.13. The number of hydrogen-bond donors (Lipinski definition) is 1. The van der Waals surface area contributed by atoms with Gasteiger partial charge in [-0.15, -0.1) is 0 Å². The van der Waals surface area contributed by atoms with Crippen LogP contribution in [0.1, 0.15) is 11.1 Å². The van der Waals surface area contributed by atoms with E-state index in [4.69, 9.17) is 9.94 Å². The van der Waals surface area contributed by atoms with Gasteiger partial charge in [0, 0.05) is 5.56 Å². The summed E-state index contributed by atoms with van der Waals surface area (Å²) in [4.78, 5) is 0. The largest absolute Gasteiger partial charge is 0.497 e. The zero-order valence-electron chi connectivity index (χ0n) is 10.7. The van der Waals surface area contributed by atoms with Gasteiger partial charge < -0.3 is 9.94 Å². The van der Waals surface area contributed by atoms with Crippen molar-refractivity contribution in [2.45, 2.75) is 0 Å². The predicted molar refractivity (Wildman–Crippen MR) is 76.8 cm³/mol. The molecule has 19 heavy (non-hydrogen) atoms. The highest BCUT2D eigenvalue weighted by atomic mass is 16.5. The molecular formula is C16H15NO2. The molecule has 0 spiro atoms. The summed E-state index contributed by atoms with van der Waals surface area (Å²) in [5, 5.41) is 12.4. The Morgan fingerprint density at radius 3 is 2.32 bits per heavy atom. The lowest BCUT2D eigenvalue weighted by Gasteiger charge is -2.00. The third-order valence-electron chi connectivity index (χ3n) is 2.73. The molecule has 0 saturated carbocycles. The lowest BCUT2D eigenvalue weighted by molar-refractivity contribution is 0.320. The lowest BCUT2D eigenvalue weighted by Crippen LogP contribution is -1.95. The molecule has 0 saturated heterocycles. The molecule has 0 aliphatic rings. The predicted octanol–water partition coefficient (Wildman–Crippen LogP) is 3.59. The van der Waals surface area contributed by atoms with Crippen molar-refractivity contribution in [3.8, 4) is 5.75 Å². The van der Waals surface area contributed by atoms with Crippen LogP contribution in [-0.4, -0.2) is 18.0 Å². The van der Waals surface area contributed by atoms with Crippen LogP contribution in [0.2, 0.25) is 0 Å². The average Bonchev–Trinajstić information content (AvgIpc) is 2.49. The number of benzene rings is 2. The van der Waals surface area contributed by atoms with Crippen molar-refractivity contribution < 1.29 is 9.94 Å². The van der Waals surface area contributed by atoms with E-state index in [0.29, 0.717) is 5.71 Å². The molecule has 2 aromatic carbocycles. The molecule has 0 atom stereocenters. The number of nitrogens with zero attached hydrogens (tertiary/aromatic N) is 1. The maximum absolute atomic E-state index is 9.06. The van der Waals surface area contributed by atoms with E-state index < -0.39 is 0 Å². The number of methoxy groups -OCH3 is 1. The van der Waals surface area contributed by atoms with Crippen molar-refractivity contribution in [3.63, 3.8) is 0 Å². The maximum atomic E-state index is 9.06. The topological polar surface area (TPSA) is 41.8 Å². The summed E-state index contributed by atoms with van der Waals surface area (Å²) in [5.74, 6) is 0.816. The van der Waals surface area contributed by atoms with Crippen LogP contribution in [0.3, 0.4) is 0 Å². The number of hydrogen-bond acceptors (Lipinski definition) is 3. The Labute approximate surface area is 112 Å². The third kappa shape index (κ3) is 3.45. The standard InChI is InChI=1S/C16H15NO2/c1-19-15-10-7-13(8-11-15)9-12-16(17-18)14-5-3-2-4-6-14/h2-12,18H,1H3/b12-9+,17-16+. The van der Waals surface area contributed by atoms with Crippen LogP contribution in [0, 0.1) is 0 Å². The molecule has 0 unspecified atom stereocenters. The minimum atomic E-state index is 0.524. The maximum Gasteiger partial charge on any atom is 0.118 e. The zero-order chi connectivity index (χ0) is 13.5. The van der Waals surface area contributed by atoms with Gasteiger partial charge in [0.05, 0.1) is 7.11 Å². The molecular weight excluding hydrogens is 238 g/mol. The van der Waals surface area contributed by atoms with Crippen molar-refractivity contribution in [2.75, 3.05) is 7.11 Å². The minimum Gasteiger partial charge on any atom is -0.497 e. The molecule has 0 aliphatic carbocycles. The molecule has 3 nitrogen and oxygen atoms in total. The summed E-state index contributed by atoms with van der Waals surface area (Å²) in [6.07, 6.45) is 3.67. The molecule has 96 valence electrons. The van der Waals surface area contributed by atoms with E-state index in [1.54, 1.807) is 13.2 Å². The van der Waals surface area contributed by atoms with Gasteiger partial charge in [0.2, 0.25) is 0 Å². The number of ether oxygens (including phenoxy) is 1. The van der Waals surface area contributed by atoms with E-state index in [2.05, 4.69) is 5.16 Å². The van der Waals surface area contributed by atoms with Crippen molar-refractivity contribution in [1.29, 1.82) is 0 Å². The normalized spacial score (nSPS) is 11.7. The molecule has 0 aromatic heterocycles. The monoisotopic (exact) mass is 253 g/mol. The Balaban J connectivity index is 2.16. The number of rotatable bonds is 4. The van der Waals surface area contributed by atoms with Crippen molar-refractivity contribution >= 4 is 11.8 Å². The fraction of sp³-hybridized carbons (Fsp3) is 0.0625. The molecule has 3 heteroatoms. The van der Waals surface area contributed by atoms with Gasteiger partial charge in [-0.1, -0.05) is 53.7 Å². The quantitative estimate of drug-likeness (QED) is 0.514. The second-order valence-corrected chi connectivity index (χ2v) is 3.96. The molecule has 1 N–H and O–H groups in total. The van der Waals surface area contributed by atoms with E-state index in [0.717, 1.165) is 16.9 Å². The SMILES string of the molecule is COc1ccc(/C=C/C(=N\O)c2ccccc2)cc1. The Morgan fingerprint density at radius 2 is 1.74 bits per heavy atom. The number of allylic oxidation sites excluding steroid dienone is 1. The fourth-order valence-corrected chi connectivity index (χ4v) is 1.69. The first-order chi connectivity index (χ1) is 9.33. The van der Waals surface area contributed by atoms with Crippen molar-refractivity contribution in [3.05, 3.63) is 71.8 Å². The van der Waals surface area contributed by atoms with Gasteiger partial charge in [-0.2, -0.15) is 0 Å². The van der Waals surface area contributed by atoms with E-state index in [9.17, 15) is 0 Å². The Kier molecular flexibility index (Phi) is 4.34. The molecule has 2 rings (SSSR count). The van der Waals surface area contributed by atoms with Crippen LogP contribution in [0.25, 0.3) is 6.08 Å². The Bertz CT molecular complexity index is 571. The van der Waals surface area contributed by atoms with E-state index in [-0.39, 0.29) is 0 Å². The van der Waals surface area contributed by atoms with Gasteiger partial charge in [-0.25, -0.2) is 0 Å². The van der Waals surface area contributed by atoms with Crippen molar-refractivity contribution in [2.24, 2.45) is 5.16 Å². The van der Waals surface area contributed by atoms with Crippen LogP contribution < -0.4 is 4.74 Å². The van der Waals surface area contributed by atoms with Gasteiger partial charge in [0.25, 0.3) is 0 Å². The summed E-state index contributed by atoms with van der Waals surface area (Å²) in [5.41, 5.74) is 2.41. The first-order valence-electron chi connectivity index (χ1n) is 5.93. The molecule has 0 heterocycles. The third-order valence-corrected chi connectivity index (χ3v) is 2.73. The lowest BCUT2D eigenvalue weighted by atomic mass is 10.1. The van der Waals surface area contributed by atoms with Gasteiger partial charge in [0.15, 0.2) is 0 Å². The summed E-state index contributed by atoms with van der Waals surface area (Å²) in [6, 6.07) is 17.2. The van der Waals surface area contributed by atoms with Gasteiger partial charge >= 0.3 is 0 Å². The zero-order valence-corrected chi connectivity index (χ0v) is 10.7. The van der Waals surface area contributed by atoms with Crippen LogP contribution in [0.4, 0.5) is 0 Å². The Hall–Kier alpha value is -2.55. The summed E-state index contributed by atoms with van der Waals surface area (Å²) in [6.45, 7) is 0. The first kappa shape index (κ1) is 12.9. The van der Waals surface area contributed by atoms with Crippen LogP contribution in [0.15, 0.2) is 65.8 Å². The molecule has 0 aliphatic heterocycles. The summed E-state index contributed by atoms with van der Waals surface area (Å²) >= 11 is 0. The van der Waals surface area contributed by atoms with Crippen LogP contribution in [-0.2, 0) is 0 Å². The Morgan fingerprint density at radius 1 is 1.05 bits per heavy atom. The fourth-order valence-electron chi connectivity index (χ4n) is 1.69. The van der Waals surface area contributed by atoms with E-state index in [1.165, 1.54) is 0 Å². The first-order valence-corrected chi connectivity index (χ1v) is 5.93. The highest BCUT2D eigenvalue weighted by molar-refractivity contribution is 6.10. The van der Waals surface area contributed by atoms with Gasteiger partial charge in [-0.3, -0.25) is 0 Å². The number of oxime groups is 1. The smallest absolute Gasteiger partial charge is 0.118 e. The van der Waals surface area contributed by atoms with E-state index >= 15 is 0 Å².